The number of anilines is 1. The second-order valence-corrected chi connectivity index (χ2v) is 7.07. The number of aromatic nitrogens is 5. The molecule has 3 aromatic heterocycles. The molecule has 0 radical (unpaired) electrons. The highest BCUT2D eigenvalue weighted by Gasteiger charge is 2.13. The van der Waals surface area contributed by atoms with Gasteiger partial charge >= 0.3 is 0 Å². The number of carbonyl (C=O) groups is 1. The summed E-state index contributed by atoms with van der Waals surface area (Å²) in [6.45, 7) is 0.124. The zero-order valence-corrected chi connectivity index (χ0v) is 15.9. The van der Waals surface area contributed by atoms with Crippen molar-refractivity contribution < 1.29 is 13.6 Å². The normalized spacial score (nSPS) is 11.1. The van der Waals surface area contributed by atoms with Crippen LogP contribution < -0.4 is 10.9 Å². The van der Waals surface area contributed by atoms with Crippen LogP contribution in [0.25, 0.3) is 22.3 Å². The molecule has 1 amide bonds. The number of hydrogen-bond donors (Lipinski definition) is 1. The van der Waals surface area contributed by atoms with Crippen LogP contribution in [0.2, 0.25) is 0 Å². The Morgan fingerprint density at radius 3 is 2.97 bits per heavy atom. The summed E-state index contributed by atoms with van der Waals surface area (Å²) < 4.78 is 30.0. The molecule has 8 nitrogen and oxygen atoms in total. The van der Waals surface area contributed by atoms with Crippen LogP contribution in [-0.4, -0.2) is 30.2 Å². The molecule has 4 aromatic rings. The van der Waals surface area contributed by atoms with Gasteiger partial charge in [-0.05, 0) is 18.2 Å². The van der Waals surface area contributed by atoms with E-state index in [-0.39, 0.29) is 40.8 Å². The van der Waals surface area contributed by atoms with Crippen molar-refractivity contribution in [1.82, 2.24) is 24.3 Å². The Morgan fingerprint density at radius 2 is 2.14 bits per heavy atom. The van der Waals surface area contributed by atoms with E-state index in [0.29, 0.717) is 11.0 Å². The molecule has 0 aliphatic carbocycles. The van der Waals surface area contributed by atoms with Crippen LogP contribution in [0.3, 0.4) is 0 Å². The number of rotatable bonds is 5. The van der Waals surface area contributed by atoms with Gasteiger partial charge in [-0.1, -0.05) is 0 Å². The van der Waals surface area contributed by atoms with Gasteiger partial charge in [-0.25, -0.2) is 18.7 Å². The van der Waals surface area contributed by atoms with Crippen molar-refractivity contribution in [3.63, 3.8) is 0 Å². The highest BCUT2D eigenvalue weighted by molar-refractivity contribution is 7.14. The second-order valence-electron chi connectivity index (χ2n) is 6.21. The third-order valence-electron chi connectivity index (χ3n) is 4.25. The van der Waals surface area contributed by atoms with E-state index in [1.165, 1.54) is 27.2 Å². The first-order chi connectivity index (χ1) is 13.9. The first-order valence-corrected chi connectivity index (χ1v) is 9.38. The first-order valence-electron chi connectivity index (χ1n) is 8.50. The molecule has 0 spiro atoms. The Kier molecular flexibility index (Phi) is 4.89. The summed E-state index contributed by atoms with van der Waals surface area (Å²) in [7, 11) is 1.69. The summed E-state index contributed by atoms with van der Waals surface area (Å²) in [6, 6.07) is 3.09. The minimum absolute atomic E-state index is 0.0105. The maximum atomic E-state index is 13.9. The zero-order chi connectivity index (χ0) is 20.5. The fraction of sp³-hybridized carbons (Fsp3) is 0.167. The molecule has 3 heterocycles. The van der Waals surface area contributed by atoms with Gasteiger partial charge < -0.3 is 5.32 Å². The SMILES string of the molecule is Cn1ncc2c(=O)n(CCC(=O)Nc3nc(-c4cc(F)ccc4F)cs3)cnc21. The molecule has 0 fully saturated rings. The lowest BCUT2D eigenvalue weighted by atomic mass is 10.1. The van der Waals surface area contributed by atoms with Crippen LogP contribution in [0.4, 0.5) is 13.9 Å². The third-order valence-corrected chi connectivity index (χ3v) is 5.01. The van der Waals surface area contributed by atoms with Crippen molar-refractivity contribution in [2.75, 3.05) is 5.32 Å². The fourth-order valence-electron chi connectivity index (χ4n) is 2.78. The molecular formula is C18H14F2N6O2S. The van der Waals surface area contributed by atoms with Crippen molar-refractivity contribution in [3.8, 4) is 11.3 Å². The Bertz CT molecular complexity index is 1280. The van der Waals surface area contributed by atoms with E-state index < -0.39 is 11.6 Å². The van der Waals surface area contributed by atoms with Crippen molar-refractivity contribution in [3.05, 3.63) is 58.1 Å². The maximum absolute atomic E-state index is 13.9. The second kappa shape index (κ2) is 7.51. The van der Waals surface area contributed by atoms with E-state index in [0.717, 1.165) is 29.5 Å². The molecule has 0 saturated carbocycles. The lowest BCUT2D eigenvalue weighted by Crippen LogP contribution is -2.23. The number of benzene rings is 1. The number of amides is 1. The van der Waals surface area contributed by atoms with Gasteiger partial charge in [0.15, 0.2) is 10.8 Å². The molecule has 0 saturated heterocycles. The minimum atomic E-state index is -0.604. The van der Waals surface area contributed by atoms with Crippen LogP contribution in [0.1, 0.15) is 6.42 Å². The van der Waals surface area contributed by atoms with E-state index in [2.05, 4.69) is 20.4 Å². The zero-order valence-electron chi connectivity index (χ0n) is 15.1. The summed E-state index contributed by atoms with van der Waals surface area (Å²) in [4.78, 5) is 32.9. The molecule has 0 unspecified atom stereocenters. The van der Waals surface area contributed by atoms with E-state index in [1.807, 2.05) is 0 Å². The van der Waals surface area contributed by atoms with Gasteiger partial charge in [0.2, 0.25) is 5.91 Å². The molecule has 0 aliphatic heterocycles. The number of thiazole rings is 1. The van der Waals surface area contributed by atoms with Gasteiger partial charge in [-0.2, -0.15) is 5.10 Å². The Balaban J connectivity index is 1.43. The van der Waals surface area contributed by atoms with E-state index >= 15 is 0 Å². The van der Waals surface area contributed by atoms with Crippen LogP contribution in [0.5, 0.6) is 0 Å². The number of nitrogens with zero attached hydrogens (tertiary/aromatic N) is 5. The average molecular weight is 416 g/mol. The predicted octanol–water partition coefficient (Wildman–Crippen LogP) is 2.56. The molecule has 1 N–H and O–H groups in total. The molecule has 0 atom stereocenters. The van der Waals surface area contributed by atoms with Gasteiger partial charge in [0.25, 0.3) is 5.56 Å². The highest BCUT2D eigenvalue weighted by atomic mass is 32.1. The molecule has 148 valence electrons. The van der Waals surface area contributed by atoms with Gasteiger partial charge in [0.05, 0.1) is 18.2 Å². The number of carbonyl (C=O) groups excluding carboxylic acids is 1. The molecule has 29 heavy (non-hydrogen) atoms. The highest BCUT2D eigenvalue weighted by Crippen LogP contribution is 2.27. The number of aryl methyl sites for hydroxylation is 2. The monoisotopic (exact) mass is 416 g/mol. The quantitative estimate of drug-likeness (QED) is 0.540. The number of halogens is 2. The van der Waals surface area contributed by atoms with E-state index in [9.17, 15) is 18.4 Å². The summed E-state index contributed by atoms with van der Waals surface area (Å²) in [5.41, 5.74) is 0.429. The van der Waals surface area contributed by atoms with Gasteiger partial charge in [0, 0.05) is 31.0 Å². The molecule has 11 heteroatoms. The summed E-state index contributed by atoms with van der Waals surface area (Å²) in [6.07, 6.45) is 2.81. The topological polar surface area (TPSA) is 94.7 Å². The Labute approximate surface area is 166 Å². The average Bonchev–Trinajstić information content (AvgIpc) is 3.30. The van der Waals surface area contributed by atoms with Gasteiger partial charge in [-0.15, -0.1) is 11.3 Å². The summed E-state index contributed by atoms with van der Waals surface area (Å²) >= 11 is 1.09. The standard InChI is InChI=1S/C18H14F2N6O2S/c1-25-16-12(7-22-25)17(28)26(9-21-16)5-4-15(27)24-18-23-14(8-29-18)11-6-10(19)2-3-13(11)20/h2-3,6-9H,4-5H2,1H3,(H,23,24,27). The fourth-order valence-corrected chi connectivity index (χ4v) is 3.51. The predicted molar refractivity (Wildman–Crippen MR) is 103 cm³/mol. The minimum Gasteiger partial charge on any atom is -0.302 e. The molecule has 1 aromatic carbocycles. The molecule has 0 aliphatic rings. The number of hydrogen-bond acceptors (Lipinski definition) is 6. The van der Waals surface area contributed by atoms with E-state index in [4.69, 9.17) is 0 Å². The Hall–Kier alpha value is -3.47. The van der Waals surface area contributed by atoms with Crippen molar-refractivity contribution in [1.29, 1.82) is 0 Å². The van der Waals surface area contributed by atoms with Gasteiger partial charge in [0.1, 0.15) is 17.0 Å². The molecule has 0 bridgehead atoms. The maximum Gasteiger partial charge on any atom is 0.264 e. The van der Waals surface area contributed by atoms with Crippen LogP contribution >= 0.6 is 11.3 Å². The van der Waals surface area contributed by atoms with Crippen molar-refractivity contribution >= 4 is 33.4 Å². The smallest absolute Gasteiger partial charge is 0.264 e. The van der Waals surface area contributed by atoms with Crippen LogP contribution in [-0.2, 0) is 18.4 Å². The van der Waals surface area contributed by atoms with Gasteiger partial charge in [-0.3, -0.25) is 18.8 Å². The summed E-state index contributed by atoms with van der Waals surface area (Å²) in [5.74, 6) is -1.55. The van der Waals surface area contributed by atoms with E-state index in [1.54, 1.807) is 7.05 Å². The molecule has 4 rings (SSSR count). The largest absolute Gasteiger partial charge is 0.302 e. The summed E-state index contributed by atoms with van der Waals surface area (Å²) in [5, 5.41) is 8.74. The molecular weight excluding hydrogens is 402 g/mol. The van der Waals surface area contributed by atoms with Crippen LogP contribution in [0, 0.1) is 11.6 Å². The lowest BCUT2D eigenvalue weighted by molar-refractivity contribution is -0.116. The lowest BCUT2D eigenvalue weighted by Gasteiger charge is -2.05. The van der Waals surface area contributed by atoms with Crippen molar-refractivity contribution in [2.45, 2.75) is 13.0 Å². The first kappa shape index (κ1) is 18.9. The number of nitrogens with one attached hydrogen (secondary N) is 1. The third kappa shape index (κ3) is 3.76. The van der Waals surface area contributed by atoms with Crippen molar-refractivity contribution in [2.24, 2.45) is 7.05 Å². The van der Waals surface area contributed by atoms with Crippen LogP contribution in [0.15, 0.2) is 40.9 Å². The Morgan fingerprint density at radius 1 is 1.31 bits per heavy atom. The number of fused-ring (bicyclic) bond motifs is 1.